The first-order chi connectivity index (χ1) is 12.8. The smallest absolute Gasteiger partial charge is 0.269 e. The highest BCUT2D eigenvalue weighted by Gasteiger charge is 2.25. The van der Waals surface area contributed by atoms with Crippen molar-refractivity contribution in [3.63, 3.8) is 0 Å². The minimum Gasteiger partial charge on any atom is -0.296 e. The van der Waals surface area contributed by atoms with E-state index in [1.807, 2.05) is 0 Å². The van der Waals surface area contributed by atoms with Crippen molar-refractivity contribution in [3.8, 4) is 0 Å². The molecular formula is C17H12Cl2N4O4. The predicted octanol–water partition coefficient (Wildman–Crippen LogP) is 3.25. The molecule has 2 aromatic rings. The molecular weight excluding hydrogens is 395 g/mol. The van der Waals surface area contributed by atoms with Crippen LogP contribution < -0.4 is 10.6 Å². The summed E-state index contributed by atoms with van der Waals surface area (Å²) < 4.78 is 0. The van der Waals surface area contributed by atoms with E-state index in [4.69, 9.17) is 23.2 Å². The van der Waals surface area contributed by atoms with E-state index in [1.54, 1.807) is 6.07 Å². The van der Waals surface area contributed by atoms with Crippen molar-refractivity contribution in [2.24, 2.45) is 4.99 Å². The minimum absolute atomic E-state index is 0.00725. The lowest BCUT2D eigenvalue weighted by Gasteiger charge is -2.21. The molecule has 0 bridgehead atoms. The lowest BCUT2D eigenvalue weighted by molar-refractivity contribution is -0.384. The zero-order valence-electron chi connectivity index (χ0n) is 13.6. The van der Waals surface area contributed by atoms with Crippen molar-refractivity contribution < 1.29 is 14.5 Å². The van der Waals surface area contributed by atoms with Crippen LogP contribution in [0, 0.1) is 10.1 Å². The number of guanidine groups is 1. The Bertz CT molecular complexity index is 977. The van der Waals surface area contributed by atoms with Crippen LogP contribution in [0.2, 0.25) is 10.0 Å². The largest absolute Gasteiger partial charge is 0.296 e. The molecule has 0 fully saturated rings. The Labute approximate surface area is 163 Å². The molecule has 3 rings (SSSR count). The van der Waals surface area contributed by atoms with E-state index < -0.39 is 16.9 Å². The lowest BCUT2D eigenvalue weighted by atomic mass is 10.0. The van der Waals surface area contributed by atoms with Crippen LogP contribution in [0.4, 0.5) is 5.69 Å². The van der Waals surface area contributed by atoms with E-state index in [9.17, 15) is 19.7 Å². The first kappa shape index (κ1) is 18.8. The molecule has 0 saturated heterocycles. The quantitative estimate of drug-likeness (QED) is 0.601. The summed E-state index contributed by atoms with van der Waals surface area (Å²) in [6.45, 7) is 0. The molecule has 0 spiro atoms. The van der Waals surface area contributed by atoms with Crippen LogP contribution in [0.15, 0.2) is 47.5 Å². The molecule has 0 radical (unpaired) electrons. The molecule has 27 heavy (non-hydrogen) atoms. The van der Waals surface area contributed by atoms with Gasteiger partial charge in [0.15, 0.2) is 0 Å². The van der Waals surface area contributed by atoms with Gasteiger partial charge in [0.25, 0.3) is 11.6 Å². The van der Waals surface area contributed by atoms with Crippen molar-refractivity contribution in [2.45, 2.75) is 12.5 Å². The highest BCUT2D eigenvalue weighted by Crippen LogP contribution is 2.27. The molecule has 0 aliphatic carbocycles. The third kappa shape index (κ3) is 4.42. The summed E-state index contributed by atoms with van der Waals surface area (Å²) in [6.07, 6.45) is 0.00725. The first-order valence-corrected chi connectivity index (χ1v) is 8.47. The van der Waals surface area contributed by atoms with Crippen molar-refractivity contribution in [1.29, 1.82) is 0 Å². The first-order valence-electron chi connectivity index (χ1n) is 7.72. The summed E-state index contributed by atoms with van der Waals surface area (Å²) in [5.41, 5.74) is 0.634. The molecule has 0 aromatic heterocycles. The maximum Gasteiger partial charge on any atom is 0.269 e. The third-order valence-electron chi connectivity index (χ3n) is 3.80. The number of nitro groups is 1. The van der Waals surface area contributed by atoms with Gasteiger partial charge in [-0.15, -0.1) is 0 Å². The van der Waals surface area contributed by atoms with Crippen LogP contribution in [-0.2, 0) is 4.79 Å². The number of carbonyl (C=O) groups is 2. The van der Waals surface area contributed by atoms with Crippen LogP contribution in [0.5, 0.6) is 0 Å². The van der Waals surface area contributed by atoms with E-state index in [-0.39, 0.29) is 34.6 Å². The fraction of sp³-hybridized carbons (Fsp3) is 0.118. The standard InChI is InChI=1S/C17H12Cl2N4O4/c18-12-5-4-10(7-13(12)19)16(25)22-17-20-14(8-15(24)21-17)9-2-1-3-11(6-9)23(26)27/h1-7,14H,8H2,(H2,20,21,22,24,25)/t14-/m0/s1. The summed E-state index contributed by atoms with van der Waals surface area (Å²) in [6, 6.07) is 9.56. The Morgan fingerprint density at radius 1 is 1.22 bits per heavy atom. The van der Waals surface area contributed by atoms with E-state index in [2.05, 4.69) is 15.6 Å². The predicted molar refractivity (Wildman–Crippen MR) is 100.0 cm³/mol. The fourth-order valence-electron chi connectivity index (χ4n) is 2.51. The van der Waals surface area contributed by atoms with E-state index >= 15 is 0 Å². The maximum atomic E-state index is 12.3. The highest BCUT2D eigenvalue weighted by atomic mass is 35.5. The molecule has 2 amide bonds. The molecule has 2 N–H and O–H groups in total. The van der Waals surface area contributed by atoms with Gasteiger partial charge in [-0.25, -0.2) is 4.99 Å². The summed E-state index contributed by atoms with van der Waals surface area (Å²) in [7, 11) is 0. The van der Waals surface area contributed by atoms with Crippen LogP contribution in [-0.4, -0.2) is 22.7 Å². The SMILES string of the molecule is O=C1C[C@@H](c2cccc([N+](=O)[O-])c2)N=C(NC(=O)c2ccc(Cl)c(Cl)c2)N1. The average Bonchev–Trinajstić information content (AvgIpc) is 2.63. The van der Waals surface area contributed by atoms with Crippen LogP contribution in [0.1, 0.15) is 28.4 Å². The number of hydrogen-bond acceptors (Lipinski definition) is 5. The summed E-state index contributed by atoms with van der Waals surface area (Å²) >= 11 is 11.7. The third-order valence-corrected chi connectivity index (χ3v) is 4.54. The van der Waals surface area contributed by atoms with Gasteiger partial charge in [-0.1, -0.05) is 35.3 Å². The monoisotopic (exact) mass is 406 g/mol. The number of carbonyl (C=O) groups excluding carboxylic acids is 2. The molecule has 1 aliphatic rings. The van der Waals surface area contributed by atoms with Crippen molar-refractivity contribution in [1.82, 2.24) is 10.6 Å². The molecule has 0 saturated carbocycles. The van der Waals surface area contributed by atoms with Gasteiger partial charge in [0.2, 0.25) is 11.9 Å². The van der Waals surface area contributed by atoms with E-state index in [1.165, 1.54) is 36.4 Å². The summed E-state index contributed by atoms with van der Waals surface area (Å²) in [4.78, 5) is 39.0. The molecule has 0 unspecified atom stereocenters. The molecule has 1 atom stereocenters. The van der Waals surface area contributed by atoms with Crippen LogP contribution in [0.3, 0.4) is 0 Å². The number of rotatable bonds is 3. The number of benzene rings is 2. The zero-order chi connectivity index (χ0) is 19.6. The van der Waals surface area contributed by atoms with Crippen LogP contribution >= 0.6 is 23.2 Å². The van der Waals surface area contributed by atoms with Gasteiger partial charge in [0.1, 0.15) is 0 Å². The Hall–Kier alpha value is -2.97. The van der Waals surface area contributed by atoms with E-state index in [0.717, 1.165) is 0 Å². The maximum absolute atomic E-state index is 12.3. The van der Waals surface area contributed by atoms with Crippen molar-refractivity contribution in [3.05, 3.63) is 73.8 Å². The van der Waals surface area contributed by atoms with Gasteiger partial charge in [0.05, 0.1) is 27.4 Å². The highest BCUT2D eigenvalue weighted by molar-refractivity contribution is 6.42. The number of aliphatic imine (C=N–C) groups is 1. The normalized spacial score (nSPS) is 16.3. The number of nitrogens with zero attached hydrogens (tertiary/aromatic N) is 2. The number of nitro benzene ring substituents is 1. The number of nitrogens with one attached hydrogen (secondary N) is 2. The molecule has 2 aromatic carbocycles. The lowest BCUT2D eigenvalue weighted by Crippen LogP contribution is -2.47. The van der Waals surface area contributed by atoms with Crippen molar-refractivity contribution >= 4 is 46.7 Å². The molecule has 1 heterocycles. The fourth-order valence-corrected chi connectivity index (χ4v) is 2.81. The summed E-state index contributed by atoms with van der Waals surface area (Å²) in [5, 5.41) is 16.4. The molecule has 10 heteroatoms. The molecule has 8 nitrogen and oxygen atoms in total. The minimum atomic E-state index is -0.650. The summed E-state index contributed by atoms with van der Waals surface area (Å²) in [5.74, 6) is -0.947. The van der Waals surface area contributed by atoms with Gasteiger partial charge >= 0.3 is 0 Å². The second-order valence-corrected chi connectivity index (χ2v) is 6.50. The Morgan fingerprint density at radius 3 is 2.70 bits per heavy atom. The second kappa shape index (κ2) is 7.73. The van der Waals surface area contributed by atoms with Crippen molar-refractivity contribution in [2.75, 3.05) is 0 Å². The Kier molecular flexibility index (Phi) is 5.38. The van der Waals surface area contributed by atoms with Gasteiger partial charge in [-0.05, 0) is 23.8 Å². The van der Waals surface area contributed by atoms with E-state index in [0.29, 0.717) is 10.6 Å². The Morgan fingerprint density at radius 2 is 2.00 bits per heavy atom. The molecule has 138 valence electrons. The molecule has 1 aliphatic heterocycles. The number of amides is 2. The Balaban J connectivity index is 1.83. The zero-order valence-corrected chi connectivity index (χ0v) is 15.1. The van der Waals surface area contributed by atoms with Gasteiger partial charge in [-0.2, -0.15) is 0 Å². The van der Waals surface area contributed by atoms with Gasteiger partial charge in [0, 0.05) is 17.7 Å². The van der Waals surface area contributed by atoms with Gasteiger partial charge < -0.3 is 0 Å². The van der Waals surface area contributed by atoms with Gasteiger partial charge in [-0.3, -0.25) is 30.3 Å². The second-order valence-electron chi connectivity index (χ2n) is 5.68. The topological polar surface area (TPSA) is 114 Å². The number of non-ortho nitro benzene ring substituents is 1. The average molecular weight is 407 g/mol. The number of hydrogen-bond donors (Lipinski definition) is 2. The number of halogens is 2. The van der Waals surface area contributed by atoms with Crippen LogP contribution in [0.25, 0.3) is 0 Å².